The molecule has 1 aromatic carbocycles. The predicted molar refractivity (Wildman–Crippen MR) is 87.7 cm³/mol. The fraction of sp³-hybridized carbons (Fsp3) is 0.562. The van der Waals surface area contributed by atoms with E-state index in [1.54, 1.807) is 18.2 Å². The average molecular weight is 310 g/mol. The van der Waals surface area contributed by atoms with E-state index in [-0.39, 0.29) is 17.5 Å². The Hall–Kier alpha value is -1.36. The van der Waals surface area contributed by atoms with Crippen LogP contribution in [0.4, 0.5) is 4.79 Å². The Kier molecular flexibility index (Phi) is 5.96. The maximum Gasteiger partial charge on any atom is 0.317 e. The monoisotopic (exact) mass is 310 g/mol. The van der Waals surface area contributed by atoms with Crippen molar-refractivity contribution in [3.8, 4) is 0 Å². The Bertz CT molecular complexity index is 506. The van der Waals surface area contributed by atoms with Crippen LogP contribution in [-0.4, -0.2) is 34.5 Å². The van der Waals surface area contributed by atoms with E-state index in [4.69, 9.17) is 0 Å². The van der Waals surface area contributed by atoms with Crippen LogP contribution in [0.15, 0.2) is 29.2 Å². The summed E-state index contributed by atoms with van der Waals surface area (Å²) in [6.45, 7) is 8.83. The Morgan fingerprint density at radius 2 is 1.81 bits per heavy atom. The number of nitrogens with one attached hydrogen (secondary N) is 1. The van der Waals surface area contributed by atoms with E-state index in [0.717, 1.165) is 10.5 Å². The van der Waals surface area contributed by atoms with Crippen LogP contribution in [0.3, 0.4) is 0 Å². The van der Waals surface area contributed by atoms with Gasteiger partial charge in [-0.15, -0.1) is 0 Å². The van der Waals surface area contributed by atoms with Crippen LogP contribution in [0, 0.1) is 5.41 Å². The van der Waals surface area contributed by atoms with Crippen LogP contribution in [0.25, 0.3) is 0 Å². The summed E-state index contributed by atoms with van der Waals surface area (Å²) in [5.74, 6) is 0. The summed E-state index contributed by atoms with van der Waals surface area (Å²) in [6, 6.07) is 7.52. The summed E-state index contributed by atoms with van der Waals surface area (Å²) in [6.07, 6.45) is 1.66. The van der Waals surface area contributed by atoms with Crippen LogP contribution in [0.1, 0.15) is 33.3 Å². The molecule has 1 rings (SSSR count). The molecule has 1 N–H and O–H groups in total. The second kappa shape index (κ2) is 7.07. The highest BCUT2D eigenvalue weighted by Crippen LogP contribution is 2.18. The second-order valence-corrected chi connectivity index (χ2v) is 7.87. The topological polar surface area (TPSA) is 49.4 Å². The molecule has 1 aromatic rings. The van der Waals surface area contributed by atoms with Crippen LogP contribution in [0.2, 0.25) is 0 Å². The maximum atomic E-state index is 12.1. The van der Waals surface area contributed by atoms with E-state index in [9.17, 15) is 9.00 Å². The van der Waals surface area contributed by atoms with Gasteiger partial charge in [-0.1, -0.05) is 32.9 Å². The van der Waals surface area contributed by atoms with Gasteiger partial charge >= 0.3 is 6.03 Å². The minimum absolute atomic E-state index is 0.0311. The van der Waals surface area contributed by atoms with Crippen molar-refractivity contribution in [1.29, 1.82) is 0 Å². The number of nitrogens with zero attached hydrogens (tertiary/aromatic N) is 1. The van der Waals surface area contributed by atoms with Gasteiger partial charge in [0.25, 0.3) is 0 Å². The van der Waals surface area contributed by atoms with E-state index in [1.165, 1.54) is 0 Å². The summed E-state index contributed by atoms with van der Waals surface area (Å²) in [5, 5.41) is 3.01. The smallest absolute Gasteiger partial charge is 0.317 e. The fourth-order valence-corrected chi connectivity index (χ4v) is 2.16. The highest BCUT2D eigenvalue weighted by Gasteiger charge is 2.22. The Morgan fingerprint density at radius 1 is 1.29 bits per heavy atom. The first-order valence-electron chi connectivity index (χ1n) is 7.05. The van der Waals surface area contributed by atoms with E-state index in [0.29, 0.717) is 6.54 Å². The van der Waals surface area contributed by atoms with Gasteiger partial charge in [0.1, 0.15) is 0 Å². The molecule has 0 saturated carbocycles. The number of carbonyl (C=O) groups is 1. The molecule has 0 unspecified atom stereocenters. The van der Waals surface area contributed by atoms with Crippen molar-refractivity contribution in [2.24, 2.45) is 5.41 Å². The predicted octanol–water partition coefficient (Wildman–Crippen LogP) is 3.00. The van der Waals surface area contributed by atoms with Crippen molar-refractivity contribution in [3.63, 3.8) is 0 Å². The zero-order chi connectivity index (χ0) is 16.2. The molecule has 0 aliphatic rings. The van der Waals surface area contributed by atoms with Gasteiger partial charge < -0.3 is 10.2 Å². The molecule has 0 bridgehead atoms. The summed E-state index contributed by atoms with van der Waals surface area (Å²) in [5.41, 5.74) is 1.05. The molecule has 0 saturated heterocycles. The highest BCUT2D eigenvalue weighted by atomic mass is 32.2. The molecule has 0 aliphatic heterocycles. The second-order valence-electron chi connectivity index (χ2n) is 6.49. The van der Waals surface area contributed by atoms with E-state index < -0.39 is 10.8 Å². The van der Waals surface area contributed by atoms with Gasteiger partial charge in [0.2, 0.25) is 0 Å². The molecule has 118 valence electrons. The fourth-order valence-electron chi connectivity index (χ4n) is 1.64. The van der Waals surface area contributed by atoms with Crippen LogP contribution in [-0.2, 0) is 17.3 Å². The molecule has 0 aliphatic carbocycles. The zero-order valence-corrected chi connectivity index (χ0v) is 14.6. The third-order valence-corrected chi connectivity index (χ3v) is 4.60. The molecular weight excluding hydrogens is 284 g/mol. The standard InChI is InChI=1S/C16H26N2O2S/c1-12(16(2,3)4)17-15(19)18(5)11-13-7-9-14(10-8-13)21(6)20/h7-10,12H,11H2,1-6H3,(H,17,19)/t12-,21+/m0/s1. The van der Waals surface area contributed by atoms with Gasteiger partial charge in [-0.25, -0.2) is 4.79 Å². The zero-order valence-electron chi connectivity index (χ0n) is 13.8. The number of amides is 2. The molecule has 0 fully saturated rings. The van der Waals surface area contributed by atoms with Gasteiger partial charge in [-0.3, -0.25) is 4.21 Å². The number of benzene rings is 1. The lowest BCUT2D eigenvalue weighted by Gasteiger charge is -2.30. The van der Waals surface area contributed by atoms with Gasteiger partial charge in [0.15, 0.2) is 0 Å². The molecule has 0 spiro atoms. The molecule has 5 heteroatoms. The third-order valence-electron chi connectivity index (χ3n) is 3.66. The Labute approximate surface area is 130 Å². The molecule has 2 atom stereocenters. The Balaban J connectivity index is 2.62. The first-order valence-corrected chi connectivity index (χ1v) is 8.61. The molecule has 0 aromatic heterocycles. The van der Waals surface area contributed by atoms with E-state index in [1.807, 2.05) is 31.2 Å². The summed E-state index contributed by atoms with van der Waals surface area (Å²) in [4.78, 5) is 14.6. The largest absolute Gasteiger partial charge is 0.335 e. The lowest BCUT2D eigenvalue weighted by Crippen LogP contribution is -2.46. The van der Waals surface area contributed by atoms with Crippen molar-refractivity contribution in [2.75, 3.05) is 13.3 Å². The van der Waals surface area contributed by atoms with Crippen LogP contribution < -0.4 is 5.32 Å². The number of hydrogen-bond acceptors (Lipinski definition) is 2. The lowest BCUT2D eigenvalue weighted by molar-refractivity contribution is 0.190. The number of urea groups is 1. The average Bonchev–Trinajstić information content (AvgIpc) is 2.37. The summed E-state index contributed by atoms with van der Waals surface area (Å²) in [7, 11) is 0.805. The first-order chi connectivity index (χ1) is 9.61. The molecule has 0 radical (unpaired) electrons. The van der Waals surface area contributed by atoms with Gasteiger partial charge in [-0.2, -0.15) is 0 Å². The minimum atomic E-state index is -0.969. The summed E-state index contributed by atoms with van der Waals surface area (Å²) < 4.78 is 11.3. The SMILES string of the molecule is C[C@H](NC(=O)N(C)Cc1ccc([S@@](C)=O)cc1)C(C)(C)C. The number of carbonyl (C=O) groups excluding carboxylic acids is 1. The highest BCUT2D eigenvalue weighted by molar-refractivity contribution is 7.84. The number of rotatable bonds is 4. The maximum absolute atomic E-state index is 12.1. The van der Waals surface area contributed by atoms with Crippen molar-refractivity contribution >= 4 is 16.8 Å². The van der Waals surface area contributed by atoms with Gasteiger partial charge in [0.05, 0.1) is 0 Å². The normalized spacial score (nSPS) is 14.4. The summed E-state index contributed by atoms with van der Waals surface area (Å²) >= 11 is 0. The van der Waals surface area contributed by atoms with Crippen LogP contribution in [0.5, 0.6) is 0 Å². The van der Waals surface area contributed by atoms with Crippen molar-refractivity contribution in [3.05, 3.63) is 29.8 Å². The molecule has 0 heterocycles. The van der Waals surface area contributed by atoms with E-state index in [2.05, 4.69) is 26.1 Å². The van der Waals surface area contributed by atoms with Gasteiger partial charge in [0, 0.05) is 41.6 Å². The quantitative estimate of drug-likeness (QED) is 0.929. The van der Waals surface area contributed by atoms with Crippen molar-refractivity contribution in [1.82, 2.24) is 10.2 Å². The first kappa shape index (κ1) is 17.7. The third kappa shape index (κ3) is 5.50. The molecule has 2 amide bonds. The minimum Gasteiger partial charge on any atom is -0.335 e. The van der Waals surface area contributed by atoms with Crippen molar-refractivity contribution < 1.29 is 9.00 Å². The molecular formula is C16H26N2O2S. The Morgan fingerprint density at radius 3 is 2.24 bits per heavy atom. The molecule has 21 heavy (non-hydrogen) atoms. The lowest BCUT2D eigenvalue weighted by atomic mass is 9.88. The van der Waals surface area contributed by atoms with Crippen LogP contribution >= 0.6 is 0 Å². The molecule has 4 nitrogen and oxygen atoms in total. The van der Waals surface area contributed by atoms with Gasteiger partial charge in [-0.05, 0) is 30.0 Å². The van der Waals surface area contributed by atoms with E-state index >= 15 is 0 Å². The number of hydrogen-bond donors (Lipinski definition) is 1. The van der Waals surface area contributed by atoms with Crippen molar-refractivity contribution in [2.45, 2.75) is 45.2 Å².